The van der Waals surface area contributed by atoms with Gasteiger partial charge in [0.05, 0.1) is 17.5 Å². The normalized spacial score (nSPS) is 12.4. The van der Waals surface area contributed by atoms with E-state index in [-0.39, 0.29) is 23.5 Å². The Kier molecular flexibility index (Phi) is 6.56. The molecule has 0 aliphatic heterocycles. The average molecular weight is 401 g/mol. The number of benzene rings is 1. The Hall–Kier alpha value is -1.92. The number of aliphatic hydroxyl groups is 1. The maximum absolute atomic E-state index is 9.61. The molecular formula is C17H16Cl3N3O2. The van der Waals surface area contributed by atoms with E-state index in [1.165, 1.54) is 12.2 Å². The fourth-order valence-electron chi connectivity index (χ4n) is 2.06. The summed E-state index contributed by atoms with van der Waals surface area (Å²) in [6, 6.07) is 6.79. The molecule has 0 radical (unpaired) electrons. The first-order valence-corrected chi connectivity index (χ1v) is 8.27. The van der Waals surface area contributed by atoms with Gasteiger partial charge < -0.3 is 21.3 Å². The zero-order chi connectivity index (χ0) is 18.6. The van der Waals surface area contributed by atoms with E-state index in [9.17, 15) is 5.11 Å². The van der Waals surface area contributed by atoms with E-state index in [0.717, 1.165) is 0 Å². The van der Waals surface area contributed by atoms with Gasteiger partial charge in [0.25, 0.3) is 0 Å². The van der Waals surface area contributed by atoms with Crippen molar-refractivity contribution in [3.05, 3.63) is 68.6 Å². The molecule has 0 saturated carbocycles. The van der Waals surface area contributed by atoms with Crippen LogP contribution in [0.4, 0.5) is 0 Å². The molecule has 2 rings (SSSR count). The molecular weight excluding hydrogens is 385 g/mol. The molecule has 0 spiro atoms. The highest BCUT2D eigenvalue weighted by atomic mass is 35.5. The Labute approximate surface area is 160 Å². The summed E-state index contributed by atoms with van der Waals surface area (Å²) in [4.78, 5) is 4.44. The van der Waals surface area contributed by atoms with Crippen LogP contribution >= 0.6 is 34.8 Å². The van der Waals surface area contributed by atoms with Crippen LogP contribution in [-0.2, 0) is 6.61 Å². The lowest BCUT2D eigenvalue weighted by Gasteiger charge is -2.13. The first-order chi connectivity index (χ1) is 11.8. The van der Waals surface area contributed by atoms with Crippen molar-refractivity contribution in [3.63, 3.8) is 0 Å². The summed E-state index contributed by atoms with van der Waals surface area (Å²) in [6.07, 6.45) is 2.80. The Balaban J connectivity index is 2.50. The van der Waals surface area contributed by atoms with Crippen LogP contribution in [0.1, 0.15) is 11.1 Å². The summed E-state index contributed by atoms with van der Waals surface area (Å²) in [7, 11) is 0. The third kappa shape index (κ3) is 5.28. The largest absolute Gasteiger partial charge is 0.423 e. The van der Waals surface area contributed by atoms with Crippen LogP contribution in [0, 0.1) is 6.92 Å². The van der Waals surface area contributed by atoms with Gasteiger partial charge >= 0.3 is 0 Å². The van der Waals surface area contributed by atoms with E-state index in [0.29, 0.717) is 32.4 Å². The van der Waals surface area contributed by atoms with E-state index >= 15 is 0 Å². The number of aromatic nitrogens is 1. The Bertz CT molecular complexity index is 827. The lowest BCUT2D eigenvalue weighted by Crippen LogP contribution is -2.09. The molecule has 2 aromatic rings. The van der Waals surface area contributed by atoms with E-state index in [4.69, 9.17) is 51.0 Å². The van der Waals surface area contributed by atoms with Crippen molar-refractivity contribution >= 4 is 34.8 Å². The summed E-state index contributed by atoms with van der Waals surface area (Å²) in [6.45, 7) is 1.58. The standard InChI is InChI=1S/C17H16Cl3N3O2/c1-9-11(8-24)6-14(10-4-12(18)7-13(19)5-10)23-17(9)25-16(22)3-2-15(20)21/h2-7,24H,8,21-22H2,1H3/b15-2-,16-3+. The minimum atomic E-state index is -0.190. The van der Waals surface area contributed by atoms with Gasteiger partial charge in [-0.3, -0.25) is 0 Å². The minimum Gasteiger partial charge on any atom is -0.423 e. The highest BCUT2D eigenvalue weighted by Crippen LogP contribution is 2.30. The number of allylic oxidation sites excluding steroid dienone is 2. The summed E-state index contributed by atoms with van der Waals surface area (Å²) in [5.74, 6) is 0.289. The van der Waals surface area contributed by atoms with E-state index in [2.05, 4.69) is 4.98 Å². The number of rotatable bonds is 5. The third-order valence-electron chi connectivity index (χ3n) is 3.29. The van der Waals surface area contributed by atoms with Crippen LogP contribution in [0.5, 0.6) is 5.88 Å². The van der Waals surface area contributed by atoms with Gasteiger partial charge in [0.2, 0.25) is 5.88 Å². The Morgan fingerprint density at radius 2 is 1.80 bits per heavy atom. The van der Waals surface area contributed by atoms with Crippen molar-refractivity contribution in [1.82, 2.24) is 4.98 Å². The molecule has 0 atom stereocenters. The molecule has 132 valence electrons. The number of nitrogens with zero attached hydrogens (tertiary/aromatic N) is 1. The molecule has 1 aromatic carbocycles. The van der Waals surface area contributed by atoms with Crippen molar-refractivity contribution < 1.29 is 9.84 Å². The topological polar surface area (TPSA) is 94.4 Å². The van der Waals surface area contributed by atoms with Crippen LogP contribution in [0.2, 0.25) is 10.0 Å². The lowest BCUT2D eigenvalue weighted by molar-refractivity contribution is 0.279. The zero-order valence-electron chi connectivity index (χ0n) is 13.3. The number of ether oxygens (including phenoxy) is 1. The van der Waals surface area contributed by atoms with Gasteiger partial charge in [-0.1, -0.05) is 34.8 Å². The van der Waals surface area contributed by atoms with Gasteiger partial charge in [0, 0.05) is 27.2 Å². The number of hydrogen-bond donors (Lipinski definition) is 3. The quantitative estimate of drug-likeness (QED) is 0.399. The fraction of sp³-hybridized carbons (Fsp3) is 0.118. The highest BCUT2D eigenvalue weighted by Gasteiger charge is 2.13. The second-order valence-electron chi connectivity index (χ2n) is 5.14. The summed E-state index contributed by atoms with van der Waals surface area (Å²) in [5.41, 5.74) is 13.6. The maximum atomic E-state index is 9.61. The summed E-state index contributed by atoms with van der Waals surface area (Å²) < 4.78 is 5.55. The van der Waals surface area contributed by atoms with Gasteiger partial charge in [0.1, 0.15) is 0 Å². The number of aliphatic hydroxyl groups excluding tert-OH is 1. The molecule has 1 heterocycles. The van der Waals surface area contributed by atoms with E-state index in [1.54, 1.807) is 31.2 Å². The van der Waals surface area contributed by atoms with Crippen molar-refractivity contribution in [3.8, 4) is 17.1 Å². The smallest absolute Gasteiger partial charge is 0.225 e. The number of halogens is 3. The van der Waals surface area contributed by atoms with Crippen molar-refractivity contribution in [2.24, 2.45) is 11.5 Å². The van der Waals surface area contributed by atoms with Gasteiger partial charge in [-0.15, -0.1) is 0 Å². The molecule has 5 nitrogen and oxygen atoms in total. The van der Waals surface area contributed by atoms with Crippen LogP contribution in [-0.4, -0.2) is 10.1 Å². The van der Waals surface area contributed by atoms with E-state index < -0.39 is 0 Å². The van der Waals surface area contributed by atoms with Crippen LogP contribution < -0.4 is 16.2 Å². The van der Waals surface area contributed by atoms with Gasteiger partial charge in [0.15, 0.2) is 5.88 Å². The molecule has 0 amide bonds. The Morgan fingerprint density at radius 1 is 1.16 bits per heavy atom. The number of nitrogens with two attached hydrogens (primary N) is 2. The highest BCUT2D eigenvalue weighted by molar-refractivity contribution is 6.35. The Morgan fingerprint density at radius 3 is 2.36 bits per heavy atom. The first-order valence-electron chi connectivity index (χ1n) is 7.14. The number of hydrogen-bond acceptors (Lipinski definition) is 5. The maximum Gasteiger partial charge on any atom is 0.225 e. The SMILES string of the molecule is Cc1c(CO)cc(-c2cc(Cl)cc(Cl)c2)nc1O/C(N)=C/C=C(\N)Cl. The predicted octanol–water partition coefficient (Wildman–Crippen LogP) is 4.07. The second-order valence-corrected chi connectivity index (χ2v) is 6.44. The summed E-state index contributed by atoms with van der Waals surface area (Å²) in [5, 5.41) is 10.6. The minimum absolute atomic E-state index is 0.0457. The van der Waals surface area contributed by atoms with Crippen molar-refractivity contribution in [1.29, 1.82) is 0 Å². The van der Waals surface area contributed by atoms with E-state index in [1.807, 2.05) is 0 Å². The second kappa shape index (κ2) is 8.45. The molecule has 0 aliphatic rings. The van der Waals surface area contributed by atoms with Gasteiger partial charge in [-0.05, 0) is 42.8 Å². The lowest BCUT2D eigenvalue weighted by atomic mass is 10.1. The molecule has 0 saturated heterocycles. The van der Waals surface area contributed by atoms with Crippen LogP contribution in [0.15, 0.2) is 47.5 Å². The van der Waals surface area contributed by atoms with Crippen LogP contribution in [0.25, 0.3) is 11.3 Å². The van der Waals surface area contributed by atoms with Gasteiger partial charge in [-0.25, -0.2) is 4.98 Å². The zero-order valence-corrected chi connectivity index (χ0v) is 15.5. The molecule has 5 N–H and O–H groups in total. The van der Waals surface area contributed by atoms with Gasteiger partial charge in [-0.2, -0.15) is 0 Å². The first kappa shape index (κ1) is 19.4. The molecule has 1 aromatic heterocycles. The molecule has 0 aliphatic carbocycles. The van der Waals surface area contributed by atoms with Crippen molar-refractivity contribution in [2.75, 3.05) is 0 Å². The molecule has 0 bridgehead atoms. The summed E-state index contributed by atoms with van der Waals surface area (Å²) >= 11 is 17.6. The fourth-order valence-corrected chi connectivity index (χ4v) is 2.65. The predicted molar refractivity (Wildman–Crippen MR) is 101 cm³/mol. The van der Waals surface area contributed by atoms with Crippen molar-refractivity contribution in [2.45, 2.75) is 13.5 Å². The molecule has 0 fully saturated rings. The average Bonchev–Trinajstić information content (AvgIpc) is 2.54. The monoisotopic (exact) mass is 399 g/mol. The molecule has 8 heteroatoms. The molecule has 25 heavy (non-hydrogen) atoms. The van der Waals surface area contributed by atoms with Crippen LogP contribution in [0.3, 0.4) is 0 Å². The molecule has 0 unspecified atom stereocenters. The number of pyridine rings is 1. The third-order valence-corrected chi connectivity index (χ3v) is 3.85.